The first-order chi connectivity index (χ1) is 9.22. The van der Waals surface area contributed by atoms with Gasteiger partial charge in [0.25, 0.3) is 0 Å². The van der Waals surface area contributed by atoms with Gasteiger partial charge in [0.1, 0.15) is 5.82 Å². The standard InChI is InChI=1S/C14H16FN3O/c15-11-6-10(7-12(16)8-11)14-18-17-13(19-14)9-4-2-1-3-5-9/h6-9H,1-5,16H2. The molecular weight excluding hydrogens is 245 g/mol. The molecule has 0 unspecified atom stereocenters. The highest BCUT2D eigenvalue weighted by Gasteiger charge is 2.21. The van der Waals surface area contributed by atoms with Gasteiger partial charge in [-0.2, -0.15) is 0 Å². The van der Waals surface area contributed by atoms with Gasteiger partial charge in [-0.05, 0) is 31.0 Å². The molecule has 1 aliphatic rings. The Morgan fingerprint density at radius 1 is 1.11 bits per heavy atom. The number of hydrogen-bond acceptors (Lipinski definition) is 4. The van der Waals surface area contributed by atoms with E-state index in [0.717, 1.165) is 12.8 Å². The lowest BCUT2D eigenvalue weighted by atomic mass is 9.89. The summed E-state index contributed by atoms with van der Waals surface area (Å²) >= 11 is 0. The van der Waals surface area contributed by atoms with Gasteiger partial charge in [-0.1, -0.05) is 19.3 Å². The number of hydrogen-bond donors (Lipinski definition) is 1. The zero-order valence-electron chi connectivity index (χ0n) is 10.6. The molecule has 0 saturated heterocycles. The lowest BCUT2D eigenvalue weighted by Gasteiger charge is -2.17. The van der Waals surface area contributed by atoms with Crippen molar-refractivity contribution < 1.29 is 8.81 Å². The topological polar surface area (TPSA) is 64.9 Å². The molecule has 5 heteroatoms. The molecule has 0 amide bonds. The molecule has 1 saturated carbocycles. The van der Waals surface area contributed by atoms with Crippen LogP contribution in [0.3, 0.4) is 0 Å². The number of aromatic nitrogens is 2. The van der Waals surface area contributed by atoms with Crippen LogP contribution in [0.25, 0.3) is 11.5 Å². The summed E-state index contributed by atoms with van der Waals surface area (Å²) in [7, 11) is 0. The second kappa shape index (κ2) is 4.99. The van der Waals surface area contributed by atoms with Gasteiger partial charge in [0, 0.05) is 17.2 Å². The molecule has 2 aromatic rings. The number of halogens is 1. The fourth-order valence-electron chi connectivity index (χ4n) is 2.60. The molecule has 3 rings (SSSR count). The Labute approximate surface area is 110 Å². The summed E-state index contributed by atoms with van der Waals surface area (Å²) in [4.78, 5) is 0. The first-order valence-corrected chi connectivity index (χ1v) is 6.62. The number of rotatable bonds is 2. The monoisotopic (exact) mass is 261 g/mol. The van der Waals surface area contributed by atoms with Gasteiger partial charge in [0.15, 0.2) is 0 Å². The maximum absolute atomic E-state index is 13.3. The van der Waals surface area contributed by atoms with Crippen LogP contribution < -0.4 is 5.73 Å². The smallest absolute Gasteiger partial charge is 0.247 e. The highest BCUT2D eigenvalue weighted by molar-refractivity contribution is 5.59. The quantitative estimate of drug-likeness (QED) is 0.840. The number of anilines is 1. The summed E-state index contributed by atoms with van der Waals surface area (Å²) in [6, 6.07) is 4.26. The summed E-state index contributed by atoms with van der Waals surface area (Å²) in [5.74, 6) is 0.956. The van der Waals surface area contributed by atoms with Gasteiger partial charge in [-0.15, -0.1) is 10.2 Å². The number of benzene rings is 1. The van der Waals surface area contributed by atoms with Gasteiger partial charge in [-0.3, -0.25) is 0 Å². The molecule has 0 aliphatic heterocycles. The van der Waals surface area contributed by atoms with Crippen molar-refractivity contribution in [2.45, 2.75) is 38.0 Å². The van der Waals surface area contributed by atoms with Crippen LogP contribution in [0.5, 0.6) is 0 Å². The van der Waals surface area contributed by atoms with Crippen LogP contribution in [0, 0.1) is 5.82 Å². The summed E-state index contributed by atoms with van der Waals surface area (Å²) in [6.45, 7) is 0. The molecule has 100 valence electrons. The van der Waals surface area contributed by atoms with E-state index in [0.29, 0.717) is 29.0 Å². The first kappa shape index (κ1) is 12.1. The average molecular weight is 261 g/mol. The Morgan fingerprint density at radius 2 is 1.89 bits per heavy atom. The van der Waals surface area contributed by atoms with Gasteiger partial charge < -0.3 is 10.2 Å². The van der Waals surface area contributed by atoms with Crippen molar-refractivity contribution in [1.29, 1.82) is 0 Å². The van der Waals surface area contributed by atoms with Crippen molar-refractivity contribution >= 4 is 5.69 Å². The van der Waals surface area contributed by atoms with Gasteiger partial charge in [0.05, 0.1) is 0 Å². The second-order valence-electron chi connectivity index (χ2n) is 5.05. The highest BCUT2D eigenvalue weighted by atomic mass is 19.1. The van der Waals surface area contributed by atoms with Crippen LogP contribution in [0.4, 0.5) is 10.1 Å². The van der Waals surface area contributed by atoms with E-state index in [4.69, 9.17) is 10.2 Å². The van der Waals surface area contributed by atoms with Crippen molar-refractivity contribution in [2.75, 3.05) is 5.73 Å². The molecule has 0 radical (unpaired) electrons. The fourth-order valence-corrected chi connectivity index (χ4v) is 2.60. The minimum atomic E-state index is -0.396. The lowest BCUT2D eigenvalue weighted by Crippen LogP contribution is -2.04. The Bertz CT molecular complexity index is 556. The van der Waals surface area contributed by atoms with E-state index in [2.05, 4.69) is 10.2 Å². The minimum Gasteiger partial charge on any atom is -0.420 e. The minimum absolute atomic E-state index is 0.340. The molecular formula is C14H16FN3O. The van der Waals surface area contributed by atoms with Crippen LogP contribution >= 0.6 is 0 Å². The zero-order chi connectivity index (χ0) is 13.2. The van der Waals surface area contributed by atoms with E-state index < -0.39 is 5.82 Å². The average Bonchev–Trinajstić information content (AvgIpc) is 2.88. The molecule has 2 N–H and O–H groups in total. The second-order valence-corrected chi connectivity index (χ2v) is 5.05. The third kappa shape index (κ3) is 2.59. The van der Waals surface area contributed by atoms with E-state index in [1.165, 1.54) is 31.4 Å². The predicted molar refractivity (Wildman–Crippen MR) is 69.9 cm³/mol. The van der Waals surface area contributed by atoms with Crippen LogP contribution in [0.15, 0.2) is 22.6 Å². The molecule has 0 atom stereocenters. The summed E-state index contributed by atoms with van der Waals surface area (Å²) in [5, 5.41) is 8.10. The van der Waals surface area contributed by atoms with E-state index in [1.54, 1.807) is 6.07 Å². The molecule has 1 aromatic heterocycles. The molecule has 1 aliphatic carbocycles. The number of nitrogens with zero attached hydrogens (tertiary/aromatic N) is 2. The Morgan fingerprint density at radius 3 is 2.63 bits per heavy atom. The largest absolute Gasteiger partial charge is 0.420 e. The van der Waals surface area contributed by atoms with Gasteiger partial charge in [-0.25, -0.2) is 4.39 Å². The zero-order valence-corrected chi connectivity index (χ0v) is 10.6. The van der Waals surface area contributed by atoms with E-state index >= 15 is 0 Å². The molecule has 1 aromatic carbocycles. The SMILES string of the molecule is Nc1cc(F)cc(-c2nnc(C3CCCCC3)o2)c1. The molecule has 4 nitrogen and oxygen atoms in total. The maximum Gasteiger partial charge on any atom is 0.247 e. The Balaban J connectivity index is 1.87. The Hall–Kier alpha value is -1.91. The Kier molecular flexibility index (Phi) is 3.19. The molecule has 19 heavy (non-hydrogen) atoms. The van der Waals surface area contributed by atoms with Crippen molar-refractivity contribution in [1.82, 2.24) is 10.2 Å². The van der Waals surface area contributed by atoms with Crippen LogP contribution in [-0.2, 0) is 0 Å². The fraction of sp³-hybridized carbons (Fsp3) is 0.429. The van der Waals surface area contributed by atoms with Crippen molar-refractivity contribution in [3.05, 3.63) is 29.9 Å². The lowest BCUT2D eigenvalue weighted by molar-refractivity contribution is 0.367. The maximum atomic E-state index is 13.3. The van der Waals surface area contributed by atoms with Crippen LogP contribution in [0.2, 0.25) is 0 Å². The summed E-state index contributed by atoms with van der Waals surface area (Å²) < 4.78 is 19.0. The van der Waals surface area contributed by atoms with Crippen molar-refractivity contribution in [2.24, 2.45) is 0 Å². The van der Waals surface area contributed by atoms with E-state index in [-0.39, 0.29) is 0 Å². The summed E-state index contributed by atoms with van der Waals surface area (Å²) in [6.07, 6.45) is 5.86. The van der Waals surface area contributed by atoms with Crippen molar-refractivity contribution in [3.63, 3.8) is 0 Å². The van der Waals surface area contributed by atoms with Gasteiger partial charge >= 0.3 is 0 Å². The first-order valence-electron chi connectivity index (χ1n) is 6.62. The predicted octanol–water partition coefficient (Wildman–Crippen LogP) is 3.51. The van der Waals surface area contributed by atoms with Crippen molar-refractivity contribution in [3.8, 4) is 11.5 Å². The summed E-state index contributed by atoms with van der Waals surface area (Å²) in [5.41, 5.74) is 6.50. The van der Waals surface area contributed by atoms with Crippen LogP contribution in [-0.4, -0.2) is 10.2 Å². The molecule has 1 fully saturated rings. The van der Waals surface area contributed by atoms with E-state index in [9.17, 15) is 4.39 Å². The third-order valence-electron chi connectivity index (χ3n) is 3.56. The van der Waals surface area contributed by atoms with Gasteiger partial charge in [0.2, 0.25) is 11.8 Å². The molecule has 1 heterocycles. The molecule has 0 bridgehead atoms. The third-order valence-corrected chi connectivity index (χ3v) is 3.56. The van der Waals surface area contributed by atoms with Crippen LogP contribution in [0.1, 0.15) is 43.9 Å². The number of nitrogen functional groups attached to an aromatic ring is 1. The molecule has 0 spiro atoms. The van der Waals surface area contributed by atoms with E-state index in [1.807, 2.05) is 0 Å². The highest BCUT2D eigenvalue weighted by Crippen LogP contribution is 2.33. The number of nitrogens with two attached hydrogens (primary N) is 1. The normalized spacial score (nSPS) is 16.7.